The maximum absolute atomic E-state index is 13.0. The minimum Gasteiger partial charge on any atom is -0.493 e. The molecule has 4 aromatic rings. The highest BCUT2D eigenvalue weighted by Gasteiger charge is 2.17. The maximum Gasteiger partial charge on any atom is 0.255 e. The van der Waals surface area contributed by atoms with Crippen LogP contribution in [0.2, 0.25) is 0 Å². The SMILES string of the molecule is CCOc1cc2ccccc2cc1C(=O)N[C@H](C)c1ccc(-n2cncn2)cc1. The van der Waals surface area contributed by atoms with Crippen molar-refractivity contribution in [3.05, 3.63) is 84.4 Å². The number of fused-ring (bicyclic) bond motifs is 1. The van der Waals surface area contributed by atoms with E-state index in [1.165, 1.54) is 6.33 Å². The summed E-state index contributed by atoms with van der Waals surface area (Å²) in [5.41, 5.74) is 2.45. The Hall–Kier alpha value is -3.67. The molecule has 3 aromatic carbocycles. The molecule has 146 valence electrons. The van der Waals surface area contributed by atoms with Crippen molar-refractivity contribution in [2.24, 2.45) is 0 Å². The van der Waals surface area contributed by atoms with E-state index in [9.17, 15) is 4.79 Å². The number of rotatable bonds is 6. The Labute approximate surface area is 169 Å². The third kappa shape index (κ3) is 3.96. The van der Waals surface area contributed by atoms with Crippen LogP contribution in [-0.4, -0.2) is 27.3 Å². The summed E-state index contributed by atoms with van der Waals surface area (Å²) in [6, 6.07) is 19.5. The Morgan fingerprint density at radius 3 is 2.48 bits per heavy atom. The lowest BCUT2D eigenvalue weighted by Gasteiger charge is -2.17. The number of carbonyl (C=O) groups is 1. The van der Waals surface area contributed by atoms with E-state index < -0.39 is 0 Å². The number of ether oxygens (including phenoxy) is 1. The zero-order valence-electron chi connectivity index (χ0n) is 16.4. The molecule has 0 aliphatic carbocycles. The lowest BCUT2D eigenvalue weighted by atomic mass is 10.0. The summed E-state index contributed by atoms with van der Waals surface area (Å²) in [7, 11) is 0. The summed E-state index contributed by atoms with van der Waals surface area (Å²) < 4.78 is 7.43. The van der Waals surface area contributed by atoms with Gasteiger partial charge in [0.25, 0.3) is 5.91 Å². The van der Waals surface area contributed by atoms with Crippen LogP contribution in [-0.2, 0) is 0 Å². The first kappa shape index (κ1) is 18.7. The van der Waals surface area contributed by atoms with Crippen molar-refractivity contribution in [2.75, 3.05) is 6.61 Å². The highest BCUT2D eigenvalue weighted by Crippen LogP contribution is 2.27. The van der Waals surface area contributed by atoms with Gasteiger partial charge in [-0.2, -0.15) is 5.10 Å². The predicted molar refractivity (Wildman–Crippen MR) is 112 cm³/mol. The molecule has 1 amide bonds. The quantitative estimate of drug-likeness (QED) is 0.536. The second kappa shape index (κ2) is 8.14. The summed E-state index contributed by atoms with van der Waals surface area (Å²) in [5.74, 6) is 0.435. The molecule has 4 rings (SSSR count). The summed E-state index contributed by atoms with van der Waals surface area (Å²) >= 11 is 0. The molecule has 0 bridgehead atoms. The number of nitrogens with zero attached hydrogens (tertiary/aromatic N) is 3. The summed E-state index contributed by atoms with van der Waals surface area (Å²) in [4.78, 5) is 17.0. The van der Waals surface area contributed by atoms with Crippen molar-refractivity contribution >= 4 is 16.7 Å². The molecule has 1 heterocycles. The van der Waals surface area contributed by atoms with E-state index in [1.807, 2.05) is 74.5 Å². The minimum absolute atomic E-state index is 0.159. The number of aromatic nitrogens is 3. The first-order chi connectivity index (χ1) is 14.2. The van der Waals surface area contributed by atoms with Crippen LogP contribution in [0.4, 0.5) is 0 Å². The van der Waals surface area contributed by atoms with E-state index in [1.54, 1.807) is 11.0 Å². The number of benzene rings is 3. The fourth-order valence-electron chi connectivity index (χ4n) is 3.29. The van der Waals surface area contributed by atoms with E-state index in [-0.39, 0.29) is 11.9 Å². The van der Waals surface area contributed by atoms with Gasteiger partial charge in [-0.1, -0.05) is 36.4 Å². The fraction of sp³-hybridized carbons (Fsp3) is 0.174. The van der Waals surface area contributed by atoms with Gasteiger partial charge in [0.05, 0.1) is 23.9 Å². The third-order valence-corrected chi connectivity index (χ3v) is 4.82. The molecule has 0 fully saturated rings. The number of carbonyl (C=O) groups excluding carboxylic acids is 1. The molecule has 0 unspecified atom stereocenters. The molecular formula is C23H22N4O2. The number of hydrogen-bond acceptors (Lipinski definition) is 4. The third-order valence-electron chi connectivity index (χ3n) is 4.82. The summed E-state index contributed by atoms with van der Waals surface area (Å²) in [6.07, 6.45) is 3.14. The van der Waals surface area contributed by atoms with Crippen molar-refractivity contribution in [1.29, 1.82) is 0 Å². The second-order valence-electron chi connectivity index (χ2n) is 6.76. The van der Waals surface area contributed by atoms with Crippen LogP contribution in [0.3, 0.4) is 0 Å². The van der Waals surface area contributed by atoms with Crippen LogP contribution in [0.25, 0.3) is 16.5 Å². The van der Waals surface area contributed by atoms with Gasteiger partial charge in [-0.15, -0.1) is 0 Å². The standard InChI is InChI=1S/C23H22N4O2/c1-3-29-22-13-19-7-5-4-6-18(19)12-21(22)23(28)26-16(2)17-8-10-20(11-9-17)27-15-24-14-25-27/h4-16H,3H2,1-2H3,(H,26,28)/t16-/m1/s1. The summed E-state index contributed by atoms with van der Waals surface area (Å²) in [5, 5.41) is 9.25. The zero-order valence-corrected chi connectivity index (χ0v) is 16.4. The van der Waals surface area contributed by atoms with E-state index in [2.05, 4.69) is 15.4 Å². The molecule has 0 aliphatic heterocycles. The molecular weight excluding hydrogens is 364 g/mol. The van der Waals surface area contributed by atoms with Gasteiger partial charge in [-0.25, -0.2) is 9.67 Å². The van der Waals surface area contributed by atoms with Gasteiger partial charge >= 0.3 is 0 Å². The second-order valence-corrected chi connectivity index (χ2v) is 6.76. The van der Waals surface area contributed by atoms with Crippen LogP contribution in [0.5, 0.6) is 5.75 Å². The smallest absolute Gasteiger partial charge is 0.255 e. The topological polar surface area (TPSA) is 69.0 Å². The average Bonchev–Trinajstić information content (AvgIpc) is 3.28. The van der Waals surface area contributed by atoms with E-state index >= 15 is 0 Å². The van der Waals surface area contributed by atoms with Crippen molar-refractivity contribution in [2.45, 2.75) is 19.9 Å². The molecule has 0 saturated heterocycles. The molecule has 0 radical (unpaired) electrons. The lowest BCUT2D eigenvalue weighted by molar-refractivity contribution is 0.0936. The minimum atomic E-state index is -0.160. The van der Waals surface area contributed by atoms with Crippen LogP contribution < -0.4 is 10.1 Å². The van der Waals surface area contributed by atoms with Crippen molar-refractivity contribution in [3.63, 3.8) is 0 Å². The monoisotopic (exact) mass is 386 g/mol. The first-order valence-corrected chi connectivity index (χ1v) is 9.57. The molecule has 29 heavy (non-hydrogen) atoms. The molecule has 1 aromatic heterocycles. The number of hydrogen-bond donors (Lipinski definition) is 1. The van der Waals surface area contributed by atoms with E-state index in [4.69, 9.17) is 4.74 Å². The van der Waals surface area contributed by atoms with Gasteiger partial charge in [0.1, 0.15) is 18.4 Å². The van der Waals surface area contributed by atoms with Crippen molar-refractivity contribution in [1.82, 2.24) is 20.1 Å². The normalized spacial score (nSPS) is 11.9. The molecule has 6 heteroatoms. The van der Waals surface area contributed by atoms with Crippen LogP contribution >= 0.6 is 0 Å². The average molecular weight is 386 g/mol. The lowest BCUT2D eigenvalue weighted by Crippen LogP contribution is -2.27. The Bertz CT molecular complexity index is 1120. The van der Waals surface area contributed by atoms with Crippen molar-refractivity contribution < 1.29 is 9.53 Å². The van der Waals surface area contributed by atoms with Crippen LogP contribution in [0, 0.1) is 0 Å². The van der Waals surface area contributed by atoms with Gasteiger partial charge in [-0.3, -0.25) is 4.79 Å². The Morgan fingerprint density at radius 2 is 1.83 bits per heavy atom. The molecule has 6 nitrogen and oxygen atoms in total. The Kier molecular flexibility index (Phi) is 5.24. The largest absolute Gasteiger partial charge is 0.493 e. The number of amides is 1. The molecule has 1 atom stereocenters. The molecule has 0 aliphatic rings. The highest BCUT2D eigenvalue weighted by molar-refractivity contribution is 6.01. The maximum atomic E-state index is 13.0. The number of nitrogens with one attached hydrogen (secondary N) is 1. The van der Waals surface area contributed by atoms with Gasteiger partial charge in [-0.05, 0) is 54.4 Å². The molecule has 1 N–H and O–H groups in total. The van der Waals surface area contributed by atoms with Crippen LogP contribution in [0.15, 0.2) is 73.3 Å². The van der Waals surface area contributed by atoms with Crippen molar-refractivity contribution in [3.8, 4) is 11.4 Å². The van der Waals surface area contributed by atoms with E-state index in [0.29, 0.717) is 17.9 Å². The Morgan fingerprint density at radius 1 is 1.10 bits per heavy atom. The Balaban J connectivity index is 1.56. The van der Waals surface area contributed by atoms with Gasteiger partial charge in [0, 0.05) is 0 Å². The summed E-state index contributed by atoms with van der Waals surface area (Å²) in [6.45, 7) is 4.37. The molecule has 0 saturated carbocycles. The van der Waals surface area contributed by atoms with Gasteiger partial charge in [0.2, 0.25) is 0 Å². The van der Waals surface area contributed by atoms with Gasteiger partial charge < -0.3 is 10.1 Å². The highest BCUT2D eigenvalue weighted by atomic mass is 16.5. The predicted octanol–water partition coefficient (Wildman–Crippen LogP) is 4.31. The zero-order chi connectivity index (χ0) is 20.2. The fourth-order valence-corrected chi connectivity index (χ4v) is 3.29. The van der Waals surface area contributed by atoms with Gasteiger partial charge in [0.15, 0.2) is 0 Å². The van der Waals surface area contributed by atoms with Crippen LogP contribution in [0.1, 0.15) is 35.8 Å². The van der Waals surface area contributed by atoms with E-state index in [0.717, 1.165) is 22.0 Å². The first-order valence-electron chi connectivity index (χ1n) is 9.57. The molecule has 0 spiro atoms.